The largest absolute Gasteiger partial charge is 0.335 e. The van der Waals surface area contributed by atoms with Gasteiger partial charge in [-0.3, -0.25) is 4.79 Å². The number of sulfonamides is 1. The van der Waals surface area contributed by atoms with Gasteiger partial charge in [0.1, 0.15) is 5.82 Å². The van der Waals surface area contributed by atoms with Crippen molar-refractivity contribution < 1.29 is 17.6 Å². The van der Waals surface area contributed by atoms with E-state index in [0.717, 1.165) is 12.8 Å². The van der Waals surface area contributed by atoms with Crippen molar-refractivity contribution in [1.82, 2.24) is 24.6 Å². The molecule has 1 aliphatic carbocycles. The predicted molar refractivity (Wildman–Crippen MR) is 91.0 cm³/mol. The molecule has 0 spiro atoms. The predicted octanol–water partition coefficient (Wildman–Crippen LogP) is 0.659. The van der Waals surface area contributed by atoms with E-state index >= 15 is 0 Å². The van der Waals surface area contributed by atoms with Crippen LogP contribution in [0.2, 0.25) is 0 Å². The number of hydrogen-bond acceptors (Lipinski definition) is 5. The molecule has 10 heteroatoms. The molecular formula is C16H18FN5O3S. The monoisotopic (exact) mass is 379 g/mol. The van der Waals surface area contributed by atoms with Crippen LogP contribution in [-0.4, -0.2) is 59.6 Å². The fourth-order valence-electron chi connectivity index (χ4n) is 3.04. The molecule has 1 saturated carbocycles. The maximum absolute atomic E-state index is 13.2. The fourth-order valence-corrected chi connectivity index (χ4v) is 4.05. The molecule has 2 aliphatic rings. The molecule has 8 nitrogen and oxygen atoms in total. The SMILES string of the molecule is O=C(c1nnn(-c2ccc(F)cc2)c1C1CC1)N1CCNS(=O)(=O)CC1. The summed E-state index contributed by atoms with van der Waals surface area (Å²) >= 11 is 0. The van der Waals surface area contributed by atoms with Crippen molar-refractivity contribution in [2.75, 3.05) is 25.4 Å². The summed E-state index contributed by atoms with van der Waals surface area (Å²) in [5, 5.41) is 8.18. The molecule has 1 N–H and O–H groups in total. The highest BCUT2D eigenvalue weighted by Gasteiger charge is 2.36. The van der Waals surface area contributed by atoms with Gasteiger partial charge in [0.05, 0.1) is 17.1 Å². The van der Waals surface area contributed by atoms with Gasteiger partial charge in [0, 0.05) is 25.6 Å². The van der Waals surface area contributed by atoms with E-state index in [4.69, 9.17) is 0 Å². The molecule has 2 aromatic rings. The first kappa shape index (κ1) is 17.1. The zero-order valence-electron chi connectivity index (χ0n) is 13.9. The van der Waals surface area contributed by atoms with Crippen LogP contribution in [0.25, 0.3) is 5.69 Å². The zero-order valence-corrected chi connectivity index (χ0v) is 14.7. The molecular weight excluding hydrogens is 361 g/mol. The van der Waals surface area contributed by atoms with Crippen LogP contribution in [0.15, 0.2) is 24.3 Å². The molecule has 1 amide bonds. The van der Waals surface area contributed by atoms with E-state index in [1.807, 2.05) is 0 Å². The van der Waals surface area contributed by atoms with Crippen LogP contribution in [0.3, 0.4) is 0 Å². The van der Waals surface area contributed by atoms with Crippen LogP contribution in [0, 0.1) is 5.82 Å². The number of rotatable bonds is 3. The first-order valence-electron chi connectivity index (χ1n) is 8.43. The number of aromatic nitrogens is 3. The van der Waals surface area contributed by atoms with Crippen molar-refractivity contribution in [3.8, 4) is 5.69 Å². The summed E-state index contributed by atoms with van der Waals surface area (Å²) < 4.78 is 40.5. The number of benzene rings is 1. The van der Waals surface area contributed by atoms with Crippen molar-refractivity contribution >= 4 is 15.9 Å². The Labute approximate surface area is 150 Å². The summed E-state index contributed by atoms with van der Waals surface area (Å²) in [6, 6.07) is 5.85. The third kappa shape index (κ3) is 3.34. The quantitative estimate of drug-likeness (QED) is 0.845. The van der Waals surface area contributed by atoms with Gasteiger partial charge in [0.15, 0.2) is 5.69 Å². The van der Waals surface area contributed by atoms with Crippen LogP contribution in [0.5, 0.6) is 0 Å². The number of carbonyl (C=O) groups excluding carboxylic acids is 1. The van der Waals surface area contributed by atoms with Gasteiger partial charge in [-0.2, -0.15) is 0 Å². The second-order valence-electron chi connectivity index (χ2n) is 6.49. The molecule has 1 aromatic heterocycles. The Balaban J connectivity index is 1.66. The molecule has 0 unspecified atom stereocenters. The Hall–Kier alpha value is -2.33. The van der Waals surface area contributed by atoms with E-state index in [0.29, 0.717) is 11.4 Å². The summed E-state index contributed by atoms with van der Waals surface area (Å²) in [6.07, 6.45) is 1.87. The number of halogens is 1. The Morgan fingerprint density at radius 1 is 1.19 bits per heavy atom. The zero-order chi connectivity index (χ0) is 18.3. The van der Waals surface area contributed by atoms with Crippen LogP contribution >= 0.6 is 0 Å². The minimum atomic E-state index is -3.34. The van der Waals surface area contributed by atoms with E-state index in [2.05, 4.69) is 15.0 Å². The number of carbonyl (C=O) groups is 1. The second-order valence-corrected chi connectivity index (χ2v) is 8.42. The van der Waals surface area contributed by atoms with Crippen LogP contribution in [-0.2, 0) is 10.0 Å². The Morgan fingerprint density at radius 3 is 2.62 bits per heavy atom. The van der Waals surface area contributed by atoms with Gasteiger partial charge in [-0.1, -0.05) is 5.21 Å². The fraction of sp³-hybridized carbons (Fsp3) is 0.438. The lowest BCUT2D eigenvalue weighted by molar-refractivity contribution is 0.0764. The summed E-state index contributed by atoms with van der Waals surface area (Å²) in [7, 11) is -3.34. The van der Waals surface area contributed by atoms with Gasteiger partial charge >= 0.3 is 0 Å². The molecule has 26 heavy (non-hydrogen) atoms. The van der Waals surface area contributed by atoms with Gasteiger partial charge in [0.25, 0.3) is 5.91 Å². The maximum atomic E-state index is 13.2. The molecule has 1 aromatic carbocycles. The van der Waals surface area contributed by atoms with Crippen LogP contribution < -0.4 is 4.72 Å². The molecule has 0 bridgehead atoms. The molecule has 1 aliphatic heterocycles. The van der Waals surface area contributed by atoms with Crippen LogP contribution in [0.4, 0.5) is 4.39 Å². The smallest absolute Gasteiger partial charge is 0.276 e. The van der Waals surface area contributed by atoms with E-state index in [1.54, 1.807) is 16.8 Å². The van der Waals surface area contributed by atoms with E-state index in [9.17, 15) is 17.6 Å². The lowest BCUT2D eigenvalue weighted by Gasteiger charge is -2.18. The van der Waals surface area contributed by atoms with Crippen molar-refractivity contribution in [1.29, 1.82) is 0 Å². The molecule has 0 atom stereocenters. The highest BCUT2D eigenvalue weighted by molar-refractivity contribution is 7.89. The van der Waals surface area contributed by atoms with Gasteiger partial charge < -0.3 is 4.90 Å². The summed E-state index contributed by atoms with van der Waals surface area (Å²) in [6.45, 7) is 0.576. The summed E-state index contributed by atoms with van der Waals surface area (Å²) in [5.74, 6) is -0.623. The van der Waals surface area contributed by atoms with E-state index in [1.165, 1.54) is 17.0 Å². The van der Waals surface area contributed by atoms with Gasteiger partial charge in [0.2, 0.25) is 10.0 Å². The minimum Gasteiger partial charge on any atom is -0.335 e. The lowest BCUT2D eigenvalue weighted by Crippen LogP contribution is -2.35. The minimum absolute atomic E-state index is 0.113. The van der Waals surface area contributed by atoms with Gasteiger partial charge in [-0.15, -0.1) is 5.10 Å². The standard InChI is InChI=1S/C16H18FN5O3S/c17-12-3-5-13(6-4-12)22-15(11-1-2-11)14(19-20-22)16(23)21-8-7-18-26(24,25)10-9-21/h3-6,11,18H,1-2,7-10H2. The third-order valence-electron chi connectivity index (χ3n) is 4.56. The Morgan fingerprint density at radius 2 is 1.92 bits per heavy atom. The second kappa shape index (κ2) is 6.44. The summed E-state index contributed by atoms with van der Waals surface area (Å²) in [5.41, 5.74) is 1.60. The number of amides is 1. The summed E-state index contributed by atoms with van der Waals surface area (Å²) in [4.78, 5) is 14.4. The molecule has 1 saturated heterocycles. The molecule has 4 rings (SSSR count). The molecule has 138 valence electrons. The first-order chi connectivity index (χ1) is 12.4. The molecule has 2 fully saturated rings. The number of nitrogens with zero attached hydrogens (tertiary/aromatic N) is 4. The average molecular weight is 379 g/mol. The third-order valence-corrected chi connectivity index (χ3v) is 5.93. The molecule has 2 heterocycles. The highest BCUT2D eigenvalue weighted by Crippen LogP contribution is 2.42. The van der Waals surface area contributed by atoms with Gasteiger partial charge in [-0.25, -0.2) is 22.2 Å². The highest BCUT2D eigenvalue weighted by atomic mass is 32.2. The van der Waals surface area contributed by atoms with Crippen molar-refractivity contribution in [2.24, 2.45) is 0 Å². The molecule has 0 radical (unpaired) electrons. The van der Waals surface area contributed by atoms with Crippen molar-refractivity contribution in [3.05, 3.63) is 41.5 Å². The van der Waals surface area contributed by atoms with Crippen molar-refractivity contribution in [2.45, 2.75) is 18.8 Å². The lowest BCUT2D eigenvalue weighted by atomic mass is 10.2. The maximum Gasteiger partial charge on any atom is 0.276 e. The van der Waals surface area contributed by atoms with E-state index in [-0.39, 0.29) is 48.7 Å². The van der Waals surface area contributed by atoms with Gasteiger partial charge in [-0.05, 0) is 37.1 Å². The normalized spacial score (nSPS) is 20.0. The average Bonchev–Trinajstić information content (AvgIpc) is 3.38. The van der Waals surface area contributed by atoms with E-state index < -0.39 is 10.0 Å². The topological polar surface area (TPSA) is 97.2 Å². The number of hydrogen-bond donors (Lipinski definition) is 1. The Bertz CT molecular complexity index is 937. The number of nitrogens with one attached hydrogen (secondary N) is 1. The Kier molecular flexibility index (Phi) is 4.23. The first-order valence-corrected chi connectivity index (χ1v) is 10.1. The van der Waals surface area contributed by atoms with Crippen molar-refractivity contribution in [3.63, 3.8) is 0 Å². The van der Waals surface area contributed by atoms with Crippen LogP contribution in [0.1, 0.15) is 34.9 Å².